The Morgan fingerprint density at radius 3 is 1.73 bits per heavy atom. The van der Waals surface area contributed by atoms with Gasteiger partial charge >= 0.3 is 12.2 Å². The Balaban J connectivity index is 2.74. The first-order valence-electron chi connectivity index (χ1n) is 8.71. The van der Waals surface area contributed by atoms with E-state index < -0.39 is 23.4 Å². The van der Waals surface area contributed by atoms with E-state index in [1.807, 2.05) is 6.07 Å². The van der Waals surface area contributed by atoms with Crippen molar-refractivity contribution in [2.24, 2.45) is 0 Å². The highest BCUT2D eigenvalue weighted by Gasteiger charge is 2.30. The second-order valence-electron chi connectivity index (χ2n) is 8.01. The van der Waals surface area contributed by atoms with Crippen LogP contribution in [-0.4, -0.2) is 40.6 Å². The van der Waals surface area contributed by atoms with Gasteiger partial charge in [-0.1, -0.05) is 30.3 Å². The second-order valence-corrected chi connectivity index (χ2v) is 8.01. The minimum atomic E-state index is -0.779. The summed E-state index contributed by atoms with van der Waals surface area (Å²) in [5.74, 6) is -0.0427. The smallest absolute Gasteiger partial charge is 0.419 e. The van der Waals surface area contributed by atoms with E-state index in [0.717, 1.165) is 4.90 Å². The Hall–Kier alpha value is -2.37. The fraction of sp³-hybridized carbons (Fsp3) is 0.550. The van der Waals surface area contributed by atoms with Crippen molar-refractivity contribution in [3.05, 3.63) is 35.9 Å². The first kappa shape index (κ1) is 21.7. The lowest BCUT2D eigenvalue weighted by molar-refractivity contribution is 0.00113. The third kappa shape index (κ3) is 8.14. The Morgan fingerprint density at radius 1 is 0.846 bits per heavy atom. The number of carbonyl (C=O) groups is 3. The van der Waals surface area contributed by atoms with Crippen molar-refractivity contribution in [1.82, 2.24) is 4.90 Å². The summed E-state index contributed by atoms with van der Waals surface area (Å²) in [7, 11) is 0. The van der Waals surface area contributed by atoms with Gasteiger partial charge in [0.1, 0.15) is 11.2 Å². The van der Waals surface area contributed by atoms with Crippen LogP contribution >= 0.6 is 0 Å². The number of Topliss-reactive ketones (excluding diaryl/α,β-unsaturated/α-hetero) is 1. The zero-order valence-electron chi connectivity index (χ0n) is 16.5. The highest BCUT2D eigenvalue weighted by molar-refractivity contribution is 5.96. The van der Waals surface area contributed by atoms with Gasteiger partial charge in [0.25, 0.3) is 0 Å². The molecule has 1 rings (SSSR count). The van der Waals surface area contributed by atoms with Gasteiger partial charge in [0.05, 0.1) is 0 Å². The van der Waals surface area contributed by atoms with E-state index in [9.17, 15) is 14.4 Å². The number of ketones is 1. The van der Waals surface area contributed by atoms with Crippen LogP contribution in [0.3, 0.4) is 0 Å². The quantitative estimate of drug-likeness (QED) is 0.701. The largest absolute Gasteiger partial charge is 0.443 e. The average molecular weight is 363 g/mol. The van der Waals surface area contributed by atoms with Crippen LogP contribution in [0.1, 0.15) is 64.7 Å². The van der Waals surface area contributed by atoms with Gasteiger partial charge in [-0.15, -0.1) is 0 Å². The van der Waals surface area contributed by atoms with Gasteiger partial charge in [-0.2, -0.15) is 0 Å². The van der Waals surface area contributed by atoms with Crippen LogP contribution in [0.15, 0.2) is 30.3 Å². The number of hydrogen-bond donors (Lipinski definition) is 0. The summed E-state index contributed by atoms with van der Waals surface area (Å²) in [4.78, 5) is 37.8. The fourth-order valence-electron chi connectivity index (χ4n) is 2.06. The normalized spacial score (nSPS) is 11.6. The SMILES string of the molecule is CC(C)(C)OC(=O)N(CCCC(=O)c1ccccc1)C(=O)OC(C)(C)C. The molecule has 0 fully saturated rings. The first-order chi connectivity index (χ1) is 11.9. The molecule has 0 spiro atoms. The minimum Gasteiger partial charge on any atom is -0.443 e. The molecule has 0 atom stereocenters. The van der Waals surface area contributed by atoms with Crippen LogP contribution in [0, 0.1) is 0 Å². The molecule has 6 nitrogen and oxygen atoms in total. The van der Waals surface area contributed by atoms with Crippen LogP contribution < -0.4 is 0 Å². The van der Waals surface area contributed by atoms with E-state index in [4.69, 9.17) is 9.47 Å². The lowest BCUT2D eigenvalue weighted by atomic mass is 10.1. The number of rotatable bonds is 5. The van der Waals surface area contributed by atoms with Gasteiger partial charge in [0.15, 0.2) is 5.78 Å². The Bertz CT molecular complexity index is 598. The van der Waals surface area contributed by atoms with E-state index in [2.05, 4.69) is 0 Å². The predicted molar refractivity (Wildman–Crippen MR) is 99.2 cm³/mol. The average Bonchev–Trinajstić information content (AvgIpc) is 2.48. The van der Waals surface area contributed by atoms with E-state index in [1.54, 1.807) is 65.8 Å². The zero-order chi connectivity index (χ0) is 20.0. The van der Waals surface area contributed by atoms with Crippen LogP contribution in [0.5, 0.6) is 0 Å². The Labute approximate surface area is 155 Å². The third-order valence-corrected chi connectivity index (χ3v) is 3.11. The molecular formula is C20H29NO5. The molecule has 0 aliphatic heterocycles. The van der Waals surface area contributed by atoms with Crippen molar-refractivity contribution >= 4 is 18.0 Å². The van der Waals surface area contributed by atoms with Gasteiger partial charge in [-0.25, -0.2) is 14.5 Å². The van der Waals surface area contributed by atoms with Gasteiger partial charge in [0, 0.05) is 18.5 Å². The summed E-state index contributed by atoms with van der Waals surface area (Å²) < 4.78 is 10.6. The minimum absolute atomic E-state index is 0.0427. The molecule has 0 heterocycles. The molecule has 144 valence electrons. The molecule has 0 bridgehead atoms. The molecule has 6 heteroatoms. The third-order valence-electron chi connectivity index (χ3n) is 3.11. The number of ether oxygens (including phenoxy) is 2. The first-order valence-corrected chi connectivity index (χ1v) is 8.71. The van der Waals surface area contributed by atoms with E-state index >= 15 is 0 Å². The molecule has 0 aliphatic rings. The number of nitrogens with zero attached hydrogens (tertiary/aromatic N) is 1. The summed E-state index contributed by atoms with van der Waals surface area (Å²) in [6, 6.07) is 8.90. The van der Waals surface area contributed by atoms with Gasteiger partial charge in [-0.05, 0) is 48.0 Å². The van der Waals surface area contributed by atoms with Gasteiger partial charge in [0.2, 0.25) is 0 Å². The molecule has 0 aromatic heterocycles. The van der Waals surface area contributed by atoms with Crippen LogP contribution in [0.2, 0.25) is 0 Å². The maximum Gasteiger partial charge on any atom is 0.419 e. The predicted octanol–water partition coefficient (Wildman–Crippen LogP) is 4.82. The number of imide groups is 1. The molecule has 1 aromatic rings. The number of benzene rings is 1. The van der Waals surface area contributed by atoms with Gasteiger partial charge < -0.3 is 9.47 Å². The second kappa shape index (κ2) is 8.83. The molecule has 0 unspecified atom stereocenters. The van der Waals surface area contributed by atoms with E-state index in [1.165, 1.54) is 0 Å². The molecule has 0 aliphatic carbocycles. The highest BCUT2D eigenvalue weighted by Crippen LogP contribution is 2.15. The molecular weight excluding hydrogens is 334 g/mol. The van der Waals surface area contributed by atoms with E-state index in [-0.39, 0.29) is 18.7 Å². The number of carbonyl (C=O) groups excluding carboxylic acids is 3. The molecule has 0 saturated heterocycles. The molecule has 0 radical (unpaired) electrons. The van der Waals surface area contributed by atoms with Crippen molar-refractivity contribution in [3.8, 4) is 0 Å². The monoisotopic (exact) mass is 363 g/mol. The lowest BCUT2D eigenvalue weighted by Gasteiger charge is -2.28. The summed E-state index contributed by atoms with van der Waals surface area (Å²) >= 11 is 0. The molecule has 2 amide bonds. The Morgan fingerprint density at radius 2 is 1.31 bits per heavy atom. The van der Waals surface area contributed by atoms with Crippen molar-refractivity contribution in [1.29, 1.82) is 0 Å². The molecule has 1 aromatic carbocycles. The van der Waals surface area contributed by atoms with Crippen molar-refractivity contribution < 1.29 is 23.9 Å². The lowest BCUT2D eigenvalue weighted by Crippen LogP contribution is -2.44. The zero-order valence-corrected chi connectivity index (χ0v) is 16.5. The highest BCUT2D eigenvalue weighted by atomic mass is 16.6. The Kier molecular flexibility index (Phi) is 7.36. The number of amides is 2. The van der Waals surface area contributed by atoms with Crippen molar-refractivity contribution in [3.63, 3.8) is 0 Å². The summed E-state index contributed by atoms with van der Waals surface area (Å²) in [5.41, 5.74) is -0.873. The summed E-state index contributed by atoms with van der Waals surface area (Å²) in [6.45, 7) is 10.4. The van der Waals surface area contributed by atoms with Crippen LogP contribution in [0.4, 0.5) is 9.59 Å². The van der Waals surface area contributed by atoms with E-state index in [0.29, 0.717) is 12.0 Å². The standard InChI is InChI=1S/C20H29NO5/c1-19(2,3)25-17(23)21(18(24)26-20(4,5)6)14-10-13-16(22)15-11-8-7-9-12-15/h7-9,11-12H,10,13-14H2,1-6H3. The summed E-state index contributed by atoms with van der Waals surface area (Å²) in [5, 5.41) is 0. The van der Waals surface area contributed by atoms with Crippen LogP contribution in [-0.2, 0) is 9.47 Å². The molecule has 0 N–H and O–H groups in total. The molecule has 0 saturated carbocycles. The van der Waals surface area contributed by atoms with Crippen molar-refractivity contribution in [2.45, 2.75) is 65.6 Å². The number of hydrogen-bond acceptors (Lipinski definition) is 5. The summed E-state index contributed by atoms with van der Waals surface area (Å²) in [6.07, 6.45) is -1.02. The van der Waals surface area contributed by atoms with Gasteiger partial charge in [-0.3, -0.25) is 4.79 Å². The maximum atomic E-state index is 12.3. The van der Waals surface area contributed by atoms with Crippen LogP contribution in [0.25, 0.3) is 0 Å². The molecule has 26 heavy (non-hydrogen) atoms. The maximum absolute atomic E-state index is 12.3. The van der Waals surface area contributed by atoms with Crippen molar-refractivity contribution in [2.75, 3.05) is 6.54 Å². The fourth-order valence-corrected chi connectivity index (χ4v) is 2.06. The topological polar surface area (TPSA) is 72.9 Å².